The van der Waals surface area contributed by atoms with E-state index in [1.54, 1.807) is 19.2 Å². The largest absolute Gasteiger partial charge is 0.417 e. The van der Waals surface area contributed by atoms with Gasteiger partial charge in [0.05, 0.1) is 29.6 Å². The van der Waals surface area contributed by atoms with Crippen molar-refractivity contribution in [3.8, 4) is 11.4 Å². The third-order valence-electron chi connectivity index (χ3n) is 4.20. The number of aliphatic hydroxyl groups is 1. The van der Waals surface area contributed by atoms with Gasteiger partial charge in [0, 0.05) is 23.8 Å². The lowest BCUT2D eigenvalue weighted by atomic mass is 10.2. The van der Waals surface area contributed by atoms with Crippen molar-refractivity contribution < 1.29 is 23.1 Å². The normalized spacial score (nSPS) is 12.8. The van der Waals surface area contributed by atoms with Crippen LogP contribution < -0.4 is 11.1 Å². The molecular weight excluding hydrogens is 407 g/mol. The highest BCUT2D eigenvalue weighted by Crippen LogP contribution is 2.30. The predicted octanol–water partition coefficient (Wildman–Crippen LogP) is 2.78. The molecule has 1 atom stereocenters. The fraction of sp³-hybridized carbons (Fsp3) is 0.278. The molecular formula is C18H18F3N5O2S. The highest BCUT2D eigenvalue weighted by Gasteiger charge is 2.30. The SMILES string of the molecule is Cc1cc(-c2ccc(C(F)(F)F)cn2)[nH]c1C(=O)NC(CN)c1cnc(CO)s1. The number of thiazole rings is 1. The van der Waals surface area contributed by atoms with E-state index in [1.165, 1.54) is 17.4 Å². The van der Waals surface area contributed by atoms with Gasteiger partial charge in [-0.25, -0.2) is 4.98 Å². The molecule has 3 rings (SSSR count). The highest BCUT2D eigenvalue weighted by molar-refractivity contribution is 7.11. The van der Waals surface area contributed by atoms with Crippen molar-refractivity contribution in [2.45, 2.75) is 25.7 Å². The van der Waals surface area contributed by atoms with Gasteiger partial charge in [-0.15, -0.1) is 11.3 Å². The third-order valence-corrected chi connectivity index (χ3v) is 5.30. The van der Waals surface area contributed by atoms with E-state index in [0.29, 0.717) is 21.1 Å². The number of nitrogens with two attached hydrogens (primary N) is 1. The lowest BCUT2D eigenvalue weighted by Crippen LogP contribution is -2.33. The van der Waals surface area contributed by atoms with E-state index < -0.39 is 23.7 Å². The minimum atomic E-state index is -4.47. The summed E-state index contributed by atoms with van der Waals surface area (Å²) in [5.74, 6) is -0.421. The molecule has 0 saturated carbocycles. The molecule has 0 aliphatic rings. The van der Waals surface area contributed by atoms with Crippen LogP contribution in [0.1, 0.15) is 37.5 Å². The summed E-state index contributed by atoms with van der Waals surface area (Å²) in [5.41, 5.74) is 6.48. The summed E-state index contributed by atoms with van der Waals surface area (Å²) in [6, 6.07) is 3.33. The van der Waals surface area contributed by atoms with Gasteiger partial charge in [-0.2, -0.15) is 13.2 Å². The van der Waals surface area contributed by atoms with Gasteiger partial charge >= 0.3 is 6.18 Å². The summed E-state index contributed by atoms with van der Waals surface area (Å²) < 4.78 is 38.1. The first-order chi connectivity index (χ1) is 13.7. The molecule has 0 saturated heterocycles. The van der Waals surface area contributed by atoms with Crippen LogP contribution >= 0.6 is 11.3 Å². The molecule has 1 unspecified atom stereocenters. The van der Waals surface area contributed by atoms with Gasteiger partial charge in [0.1, 0.15) is 10.7 Å². The topological polar surface area (TPSA) is 117 Å². The third kappa shape index (κ3) is 4.63. The molecule has 0 bridgehead atoms. The van der Waals surface area contributed by atoms with Crippen LogP contribution in [0.4, 0.5) is 13.2 Å². The number of alkyl halides is 3. The molecule has 3 heterocycles. The minimum absolute atomic E-state index is 0.131. The summed E-state index contributed by atoms with van der Waals surface area (Å²) in [4.78, 5) is 24.2. The summed E-state index contributed by atoms with van der Waals surface area (Å²) in [6.45, 7) is 1.63. The zero-order chi connectivity index (χ0) is 21.2. The van der Waals surface area contributed by atoms with Crippen LogP contribution in [0.5, 0.6) is 0 Å². The Kier molecular flexibility index (Phi) is 6.01. The molecule has 0 spiro atoms. The fourth-order valence-corrected chi connectivity index (χ4v) is 3.53. The van der Waals surface area contributed by atoms with Crippen LogP contribution in [0.3, 0.4) is 0 Å². The van der Waals surface area contributed by atoms with E-state index in [1.807, 2.05) is 0 Å². The Morgan fingerprint density at radius 3 is 2.66 bits per heavy atom. The Morgan fingerprint density at radius 2 is 2.10 bits per heavy atom. The number of carbonyl (C=O) groups excluding carboxylic acids is 1. The summed E-state index contributed by atoms with van der Waals surface area (Å²) in [6.07, 6.45) is -2.17. The van der Waals surface area contributed by atoms with Gasteiger partial charge in [-0.3, -0.25) is 9.78 Å². The Morgan fingerprint density at radius 1 is 1.34 bits per heavy atom. The Balaban J connectivity index is 1.79. The van der Waals surface area contributed by atoms with Crippen LogP contribution in [0.2, 0.25) is 0 Å². The molecule has 3 aromatic heterocycles. The number of aliphatic hydroxyl groups excluding tert-OH is 1. The predicted molar refractivity (Wildman–Crippen MR) is 101 cm³/mol. The average molecular weight is 425 g/mol. The van der Waals surface area contributed by atoms with Crippen molar-refractivity contribution >= 4 is 17.2 Å². The maximum atomic E-state index is 12.7. The van der Waals surface area contributed by atoms with Crippen LogP contribution in [0, 0.1) is 6.92 Å². The van der Waals surface area contributed by atoms with E-state index >= 15 is 0 Å². The maximum Gasteiger partial charge on any atom is 0.417 e. The van der Waals surface area contributed by atoms with Gasteiger partial charge in [0.2, 0.25) is 0 Å². The van der Waals surface area contributed by atoms with E-state index in [2.05, 4.69) is 20.3 Å². The van der Waals surface area contributed by atoms with Crippen molar-refractivity contribution in [3.63, 3.8) is 0 Å². The molecule has 1 amide bonds. The maximum absolute atomic E-state index is 12.7. The molecule has 0 radical (unpaired) electrons. The first-order valence-corrected chi connectivity index (χ1v) is 9.34. The summed E-state index contributed by atoms with van der Waals surface area (Å²) in [7, 11) is 0. The molecule has 3 aromatic rings. The van der Waals surface area contributed by atoms with Crippen LogP contribution in [0.25, 0.3) is 11.4 Å². The minimum Gasteiger partial charge on any atom is -0.389 e. The number of hydrogen-bond donors (Lipinski definition) is 4. The molecule has 5 N–H and O–H groups in total. The number of rotatable bonds is 6. The van der Waals surface area contributed by atoms with Crippen molar-refractivity contribution in [1.29, 1.82) is 0 Å². The van der Waals surface area contributed by atoms with Crippen molar-refractivity contribution in [2.24, 2.45) is 5.73 Å². The summed E-state index contributed by atoms with van der Waals surface area (Å²) in [5, 5.41) is 12.4. The molecule has 0 aliphatic carbocycles. The number of carbonyl (C=O) groups is 1. The zero-order valence-corrected chi connectivity index (χ0v) is 16.1. The molecule has 0 aliphatic heterocycles. The first-order valence-electron chi connectivity index (χ1n) is 8.52. The second-order valence-corrected chi connectivity index (χ2v) is 7.39. The van der Waals surface area contributed by atoms with Crippen molar-refractivity contribution in [2.75, 3.05) is 6.54 Å². The molecule has 0 aromatic carbocycles. The van der Waals surface area contributed by atoms with E-state index in [4.69, 9.17) is 10.8 Å². The number of amides is 1. The van der Waals surface area contributed by atoms with Gasteiger partial charge < -0.3 is 21.1 Å². The van der Waals surface area contributed by atoms with Gasteiger partial charge in [0.25, 0.3) is 5.91 Å². The summed E-state index contributed by atoms with van der Waals surface area (Å²) >= 11 is 1.24. The van der Waals surface area contributed by atoms with Gasteiger partial charge in [-0.1, -0.05) is 0 Å². The molecule has 154 valence electrons. The smallest absolute Gasteiger partial charge is 0.389 e. The monoisotopic (exact) mass is 425 g/mol. The standard InChI is InChI=1S/C18H18F3N5O2S/c1-9-4-12(11-3-2-10(6-23-11)18(19,20)21)25-16(9)17(28)26-13(5-22)14-7-24-15(8-27)29-14/h2-4,6-7,13,25,27H,5,8,22H2,1H3,(H,26,28). The number of aromatic nitrogens is 3. The number of hydrogen-bond acceptors (Lipinski definition) is 6. The second-order valence-electron chi connectivity index (χ2n) is 6.25. The molecule has 29 heavy (non-hydrogen) atoms. The van der Waals surface area contributed by atoms with Crippen molar-refractivity contribution in [3.05, 3.63) is 57.3 Å². The number of aryl methyl sites for hydroxylation is 1. The fourth-order valence-electron chi connectivity index (χ4n) is 2.69. The Labute approximate surface area is 167 Å². The van der Waals surface area contributed by atoms with Crippen molar-refractivity contribution in [1.82, 2.24) is 20.3 Å². The Bertz CT molecular complexity index is 998. The highest BCUT2D eigenvalue weighted by atomic mass is 32.1. The molecule has 0 fully saturated rings. The second kappa shape index (κ2) is 8.31. The van der Waals surface area contributed by atoms with E-state index in [-0.39, 0.29) is 24.5 Å². The number of aromatic amines is 1. The number of nitrogens with one attached hydrogen (secondary N) is 2. The quantitative estimate of drug-likeness (QED) is 0.485. The lowest BCUT2D eigenvalue weighted by Gasteiger charge is -2.14. The van der Waals surface area contributed by atoms with E-state index in [0.717, 1.165) is 12.3 Å². The number of nitrogens with zero attached hydrogens (tertiary/aromatic N) is 2. The van der Waals surface area contributed by atoms with Crippen LogP contribution in [-0.4, -0.2) is 32.5 Å². The van der Waals surface area contributed by atoms with Gasteiger partial charge in [-0.05, 0) is 30.7 Å². The number of pyridine rings is 1. The lowest BCUT2D eigenvalue weighted by molar-refractivity contribution is -0.137. The first kappa shape index (κ1) is 21.0. The molecule has 7 nitrogen and oxygen atoms in total. The van der Waals surface area contributed by atoms with Crippen LogP contribution in [0.15, 0.2) is 30.6 Å². The van der Waals surface area contributed by atoms with E-state index in [9.17, 15) is 18.0 Å². The molecule has 11 heteroatoms. The zero-order valence-electron chi connectivity index (χ0n) is 15.2. The Hall–Kier alpha value is -2.76. The van der Waals surface area contributed by atoms with Crippen LogP contribution in [-0.2, 0) is 12.8 Å². The number of halogens is 3. The van der Waals surface area contributed by atoms with Gasteiger partial charge in [0.15, 0.2) is 0 Å². The average Bonchev–Trinajstić information content (AvgIpc) is 3.32. The number of H-pyrrole nitrogens is 1.